The molecule has 148 valence electrons. The Morgan fingerprint density at radius 1 is 1.00 bits per heavy atom. The van der Waals surface area contributed by atoms with Crippen molar-refractivity contribution in [1.29, 1.82) is 0 Å². The molecule has 2 aliphatic rings. The van der Waals surface area contributed by atoms with E-state index >= 15 is 0 Å². The zero-order valence-corrected chi connectivity index (χ0v) is 15.2. The zero-order valence-electron chi connectivity index (χ0n) is 14.4. The zero-order chi connectivity index (χ0) is 19.9. The van der Waals surface area contributed by atoms with Gasteiger partial charge < -0.3 is 9.47 Å². The first-order chi connectivity index (χ1) is 13.3. The molecule has 0 saturated heterocycles. The van der Waals surface area contributed by atoms with E-state index in [0.29, 0.717) is 34.7 Å². The molecule has 2 aromatic carbocycles. The Hall–Kier alpha value is -2.75. The molecule has 1 atom stereocenters. The summed E-state index contributed by atoms with van der Waals surface area (Å²) in [6.45, 7) is 0.670. The number of nitrogens with zero attached hydrogens (tertiary/aromatic N) is 2. The van der Waals surface area contributed by atoms with Gasteiger partial charge in [-0.1, -0.05) is 24.3 Å². The van der Waals surface area contributed by atoms with Crippen molar-refractivity contribution in [2.24, 2.45) is 5.10 Å². The van der Waals surface area contributed by atoms with Crippen LogP contribution in [0.15, 0.2) is 58.5 Å². The first-order valence-electron chi connectivity index (χ1n) is 8.40. The van der Waals surface area contributed by atoms with E-state index in [1.165, 1.54) is 36.4 Å². The number of benzene rings is 2. The summed E-state index contributed by atoms with van der Waals surface area (Å²) in [4.78, 5) is -0.135. The Bertz CT molecular complexity index is 1020. The van der Waals surface area contributed by atoms with Crippen molar-refractivity contribution >= 4 is 15.7 Å². The Morgan fingerprint density at radius 3 is 2.36 bits per heavy atom. The van der Waals surface area contributed by atoms with Crippen LogP contribution in [0.2, 0.25) is 0 Å². The smallest absolute Gasteiger partial charge is 0.431 e. The lowest BCUT2D eigenvalue weighted by Gasteiger charge is -2.25. The van der Waals surface area contributed by atoms with Crippen LogP contribution in [0.1, 0.15) is 18.0 Å². The number of hydrogen-bond donors (Lipinski definition) is 0. The van der Waals surface area contributed by atoms with E-state index in [1.807, 2.05) is 0 Å². The molecule has 10 heteroatoms. The van der Waals surface area contributed by atoms with E-state index in [4.69, 9.17) is 9.47 Å². The summed E-state index contributed by atoms with van der Waals surface area (Å²) < 4.78 is 77.2. The van der Waals surface area contributed by atoms with Gasteiger partial charge in [-0.15, -0.1) is 0 Å². The van der Waals surface area contributed by atoms with Crippen molar-refractivity contribution in [3.63, 3.8) is 0 Å². The van der Waals surface area contributed by atoms with Gasteiger partial charge in [0.2, 0.25) is 0 Å². The quantitative estimate of drug-likeness (QED) is 0.774. The minimum atomic E-state index is -4.73. The normalized spacial score (nSPS) is 19.5. The third kappa shape index (κ3) is 3.28. The molecule has 0 spiro atoms. The highest BCUT2D eigenvalue weighted by molar-refractivity contribution is 7.89. The molecular formula is C18H15F3N2O4S. The number of hydrazone groups is 1. The number of halogens is 3. The molecule has 0 N–H and O–H groups in total. The Morgan fingerprint density at radius 2 is 1.68 bits per heavy atom. The fraction of sp³-hybridized carbons (Fsp3) is 0.278. The van der Waals surface area contributed by atoms with Crippen molar-refractivity contribution in [3.8, 4) is 11.5 Å². The topological polar surface area (TPSA) is 68.2 Å². The molecule has 4 rings (SSSR count). The lowest BCUT2D eigenvalue weighted by molar-refractivity contribution is -0.0600. The van der Waals surface area contributed by atoms with Crippen LogP contribution in [0.3, 0.4) is 0 Å². The second-order valence-corrected chi connectivity index (χ2v) is 8.05. The molecular weight excluding hydrogens is 397 g/mol. The van der Waals surface area contributed by atoms with Crippen LogP contribution in [-0.2, 0) is 10.0 Å². The van der Waals surface area contributed by atoms with Crippen LogP contribution in [0, 0.1) is 0 Å². The maximum Gasteiger partial charge on any atom is 0.431 e. The van der Waals surface area contributed by atoms with Gasteiger partial charge in [-0.05, 0) is 29.8 Å². The van der Waals surface area contributed by atoms with E-state index in [-0.39, 0.29) is 4.90 Å². The molecule has 0 bridgehead atoms. The standard InChI is InChI=1S/C18H15F3N2O4S/c19-18(20,21)17-11-14(12-6-7-15-16(10-12)27-9-8-26-15)23(22-17)28(24,25)13-4-2-1-3-5-13/h1-7,10,14H,8-9,11H2. The molecule has 0 aliphatic carbocycles. The van der Waals surface area contributed by atoms with Gasteiger partial charge in [-0.3, -0.25) is 0 Å². The summed E-state index contributed by atoms with van der Waals surface area (Å²) in [6, 6.07) is 10.7. The molecule has 0 saturated carbocycles. The molecule has 2 heterocycles. The largest absolute Gasteiger partial charge is 0.486 e. The SMILES string of the molecule is O=S(=O)(c1ccccc1)N1N=C(C(F)(F)F)CC1c1ccc2c(c1)OCCO2. The molecule has 2 aromatic rings. The number of hydrogen-bond acceptors (Lipinski definition) is 5. The molecule has 0 aromatic heterocycles. The van der Waals surface area contributed by atoms with Gasteiger partial charge in [0, 0.05) is 6.42 Å². The molecule has 1 unspecified atom stereocenters. The fourth-order valence-corrected chi connectivity index (χ4v) is 4.55. The summed E-state index contributed by atoms with van der Waals surface area (Å²) >= 11 is 0. The third-order valence-corrected chi connectivity index (χ3v) is 6.13. The summed E-state index contributed by atoms with van der Waals surface area (Å²) in [5.74, 6) is 0.823. The van der Waals surface area contributed by atoms with Gasteiger partial charge >= 0.3 is 6.18 Å². The third-order valence-electron chi connectivity index (χ3n) is 4.44. The lowest BCUT2D eigenvalue weighted by atomic mass is 10.0. The van der Waals surface area contributed by atoms with Crippen LogP contribution in [0.25, 0.3) is 0 Å². The number of alkyl halides is 3. The minimum absolute atomic E-state index is 0.135. The highest BCUT2D eigenvalue weighted by atomic mass is 32.2. The van der Waals surface area contributed by atoms with Crippen molar-refractivity contribution in [1.82, 2.24) is 4.41 Å². The van der Waals surface area contributed by atoms with Crippen molar-refractivity contribution in [2.45, 2.75) is 23.5 Å². The first-order valence-corrected chi connectivity index (χ1v) is 9.84. The number of fused-ring (bicyclic) bond motifs is 1. The van der Waals surface area contributed by atoms with Gasteiger partial charge in [0.05, 0.1) is 10.9 Å². The Balaban J connectivity index is 1.78. The second kappa shape index (κ2) is 6.69. The van der Waals surface area contributed by atoms with Gasteiger partial charge in [-0.25, -0.2) is 0 Å². The molecule has 6 nitrogen and oxygen atoms in total. The average Bonchev–Trinajstić information content (AvgIpc) is 3.15. The monoisotopic (exact) mass is 412 g/mol. The highest BCUT2D eigenvalue weighted by Gasteiger charge is 2.47. The molecule has 28 heavy (non-hydrogen) atoms. The van der Waals surface area contributed by atoms with E-state index in [9.17, 15) is 21.6 Å². The molecule has 0 amide bonds. The number of rotatable bonds is 3. The summed E-state index contributed by atoms with van der Waals surface area (Å²) in [5, 5.41) is 3.44. The van der Waals surface area contributed by atoms with Crippen LogP contribution in [0.5, 0.6) is 11.5 Å². The van der Waals surface area contributed by atoms with Crippen molar-refractivity contribution < 1.29 is 31.1 Å². The maximum atomic E-state index is 13.3. The number of ether oxygens (including phenoxy) is 2. The van der Waals surface area contributed by atoms with Crippen LogP contribution < -0.4 is 9.47 Å². The van der Waals surface area contributed by atoms with Gasteiger partial charge in [0.15, 0.2) is 11.5 Å². The Labute approximate surface area is 159 Å². The first kappa shape index (κ1) is 18.6. The number of sulfonamides is 1. The summed E-state index contributed by atoms with van der Waals surface area (Å²) in [6.07, 6.45) is -5.32. The minimum Gasteiger partial charge on any atom is -0.486 e. The van der Waals surface area contributed by atoms with E-state index < -0.39 is 34.4 Å². The van der Waals surface area contributed by atoms with Crippen molar-refractivity contribution in [3.05, 3.63) is 54.1 Å². The van der Waals surface area contributed by atoms with Crippen LogP contribution >= 0.6 is 0 Å². The summed E-state index contributed by atoms with van der Waals surface area (Å²) in [7, 11) is -4.28. The van der Waals surface area contributed by atoms with Crippen LogP contribution in [0.4, 0.5) is 13.2 Å². The second-order valence-electron chi connectivity index (χ2n) is 6.26. The predicted molar refractivity (Wildman–Crippen MR) is 93.7 cm³/mol. The molecule has 0 radical (unpaired) electrons. The van der Waals surface area contributed by atoms with E-state index in [0.717, 1.165) is 0 Å². The van der Waals surface area contributed by atoms with Gasteiger partial charge in [0.25, 0.3) is 10.0 Å². The lowest BCUT2D eigenvalue weighted by Crippen LogP contribution is -2.27. The highest BCUT2D eigenvalue weighted by Crippen LogP contribution is 2.42. The molecule has 2 aliphatic heterocycles. The van der Waals surface area contributed by atoms with Crippen molar-refractivity contribution in [2.75, 3.05) is 13.2 Å². The van der Waals surface area contributed by atoms with E-state index in [2.05, 4.69) is 5.10 Å². The van der Waals surface area contributed by atoms with Gasteiger partial charge in [-0.2, -0.15) is 31.1 Å². The predicted octanol–water partition coefficient (Wildman–Crippen LogP) is 3.51. The average molecular weight is 412 g/mol. The maximum absolute atomic E-state index is 13.3. The van der Waals surface area contributed by atoms with E-state index in [1.54, 1.807) is 12.1 Å². The fourth-order valence-electron chi connectivity index (χ4n) is 3.10. The summed E-state index contributed by atoms with van der Waals surface area (Å²) in [5.41, 5.74) is -0.807. The van der Waals surface area contributed by atoms with Gasteiger partial charge in [0.1, 0.15) is 18.9 Å². The van der Waals surface area contributed by atoms with Crippen LogP contribution in [-0.4, -0.2) is 37.9 Å². The molecule has 0 fully saturated rings. The Kier molecular flexibility index (Phi) is 4.45.